The van der Waals surface area contributed by atoms with Gasteiger partial charge in [-0.2, -0.15) is 0 Å². The van der Waals surface area contributed by atoms with Crippen molar-refractivity contribution in [2.45, 2.75) is 32.7 Å². The Hall–Kier alpha value is -4.10. The van der Waals surface area contributed by atoms with E-state index in [1.807, 2.05) is 0 Å². The van der Waals surface area contributed by atoms with Crippen LogP contribution in [0.2, 0.25) is 0 Å². The molecule has 5 rings (SSSR count). The number of hydrogen-bond donors (Lipinski definition) is 0. The van der Waals surface area contributed by atoms with Crippen molar-refractivity contribution in [3.63, 3.8) is 0 Å². The average molecular weight is 701 g/mol. The van der Waals surface area contributed by atoms with Crippen molar-refractivity contribution >= 4 is 45.2 Å². The van der Waals surface area contributed by atoms with E-state index < -0.39 is 12.0 Å². The molecule has 0 N–H and O–H groups in total. The minimum Gasteiger partial charge on any atom is -0.493 e. The number of esters is 1. The molecule has 2 aromatic carbocycles. The van der Waals surface area contributed by atoms with E-state index in [2.05, 4.69) is 20.9 Å². The fraction of sp³-hybridized carbons (Fsp3) is 0.375. The Labute approximate surface area is 272 Å². The monoisotopic (exact) mass is 699 g/mol. The van der Waals surface area contributed by atoms with Crippen molar-refractivity contribution in [1.29, 1.82) is 0 Å². The normalized spacial score (nSPS) is 16.3. The molecular formula is C32H34BrN3O8S. The van der Waals surface area contributed by atoms with Crippen LogP contribution < -0.4 is 33.8 Å². The Balaban J connectivity index is 1.57. The van der Waals surface area contributed by atoms with E-state index >= 15 is 0 Å². The van der Waals surface area contributed by atoms with Gasteiger partial charge in [-0.05, 0) is 68.2 Å². The fourth-order valence-corrected chi connectivity index (χ4v) is 6.99. The van der Waals surface area contributed by atoms with Gasteiger partial charge in [0.05, 0.1) is 49.8 Å². The Bertz CT molecular complexity index is 1840. The lowest BCUT2D eigenvalue weighted by molar-refractivity contribution is -0.139. The summed E-state index contributed by atoms with van der Waals surface area (Å²) in [6.07, 6.45) is 3.74. The van der Waals surface area contributed by atoms with Crippen molar-refractivity contribution in [2.75, 3.05) is 47.6 Å². The highest BCUT2D eigenvalue weighted by atomic mass is 79.9. The average Bonchev–Trinajstić information content (AvgIpc) is 3.68. The molecule has 3 heterocycles. The number of thiazole rings is 1. The maximum absolute atomic E-state index is 14.1. The second-order valence-electron chi connectivity index (χ2n) is 10.3. The zero-order chi connectivity index (χ0) is 32.2. The van der Waals surface area contributed by atoms with Crippen LogP contribution in [0.3, 0.4) is 0 Å². The van der Waals surface area contributed by atoms with E-state index in [-0.39, 0.29) is 30.3 Å². The minimum atomic E-state index is -0.852. The number of likely N-dealkylation sites (tertiary alicyclic amines) is 1. The van der Waals surface area contributed by atoms with Gasteiger partial charge in [-0.25, -0.2) is 9.79 Å². The first-order chi connectivity index (χ1) is 21.7. The maximum Gasteiger partial charge on any atom is 0.338 e. The van der Waals surface area contributed by atoms with E-state index in [1.165, 1.54) is 37.2 Å². The number of allylic oxidation sites excluding steroid dienone is 1. The lowest BCUT2D eigenvalue weighted by atomic mass is 9.95. The molecule has 3 aromatic rings. The predicted octanol–water partition coefficient (Wildman–Crippen LogP) is 3.59. The van der Waals surface area contributed by atoms with Crippen LogP contribution in [-0.2, 0) is 14.3 Å². The number of nitrogens with zero attached hydrogens (tertiary/aromatic N) is 3. The summed E-state index contributed by atoms with van der Waals surface area (Å²) >= 11 is 4.82. The molecule has 0 spiro atoms. The van der Waals surface area contributed by atoms with Crippen molar-refractivity contribution in [2.24, 2.45) is 4.99 Å². The molecule has 1 saturated heterocycles. The first kappa shape index (κ1) is 32.3. The molecule has 0 saturated carbocycles. The molecule has 1 fully saturated rings. The number of carbonyl (C=O) groups is 2. The molecular weight excluding hydrogens is 666 g/mol. The molecule has 1 amide bonds. The SMILES string of the molecule is CCOC(=O)C1=C(C)N=c2s/c(=C/c3ccc(OCC(=O)N4CCCC4)c(OC)c3)c(=O)n2[C@H]1c1cc(OC)c(OC)cc1Br. The molecule has 11 nitrogen and oxygen atoms in total. The van der Waals surface area contributed by atoms with Gasteiger partial charge in [-0.15, -0.1) is 0 Å². The molecule has 0 bridgehead atoms. The lowest BCUT2D eigenvalue weighted by Gasteiger charge is -2.26. The smallest absolute Gasteiger partial charge is 0.338 e. The summed E-state index contributed by atoms with van der Waals surface area (Å²) < 4.78 is 30.2. The molecule has 1 aromatic heterocycles. The number of hydrogen-bond acceptors (Lipinski definition) is 10. The first-order valence-corrected chi connectivity index (χ1v) is 16.0. The maximum atomic E-state index is 14.1. The second kappa shape index (κ2) is 13.9. The number of fused-ring (bicyclic) bond motifs is 1. The topological polar surface area (TPSA) is 118 Å². The van der Waals surface area contributed by atoms with Gasteiger partial charge in [0.25, 0.3) is 11.5 Å². The summed E-state index contributed by atoms with van der Waals surface area (Å²) in [6, 6.07) is 7.86. The molecule has 238 valence electrons. The first-order valence-electron chi connectivity index (χ1n) is 14.4. The van der Waals surface area contributed by atoms with Gasteiger partial charge in [0.15, 0.2) is 34.4 Å². The van der Waals surface area contributed by atoms with Gasteiger partial charge in [0, 0.05) is 17.6 Å². The third-order valence-corrected chi connectivity index (χ3v) is 9.28. The number of aromatic nitrogens is 1. The number of amides is 1. The molecule has 2 aliphatic rings. The molecule has 0 aliphatic carbocycles. The van der Waals surface area contributed by atoms with E-state index in [9.17, 15) is 14.4 Å². The number of halogens is 1. The third-order valence-electron chi connectivity index (χ3n) is 7.61. The van der Waals surface area contributed by atoms with Crippen LogP contribution in [0.15, 0.2) is 55.9 Å². The summed E-state index contributed by atoms with van der Waals surface area (Å²) in [5.41, 5.74) is 1.63. The molecule has 0 radical (unpaired) electrons. The zero-order valence-corrected chi connectivity index (χ0v) is 28.1. The number of carbonyl (C=O) groups excluding carboxylic acids is 2. The van der Waals surface area contributed by atoms with E-state index in [0.717, 1.165) is 25.9 Å². The van der Waals surface area contributed by atoms with Gasteiger partial charge in [0.2, 0.25) is 0 Å². The molecule has 13 heteroatoms. The zero-order valence-electron chi connectivity index (χ0n) is 25.7. The van der Waals surface area contributed by atoms with Crippen molar-refractivity contribution in [3.05, 3.63) is 76.9 Å². The quantitative estimate of drug-likeness (QED) is 0.295. The summed E-state index contributed by atoms with van der Waals surface area (Å²) in [4.78, 5) is 46.7. The Morgan fingerprint density at radius 1 is 1.02 bits per heavy atom. The van der Waals surface area contributed by atoms with Crippen LogP contribution in [0.25, 0.3) is 6.08 Å². The number of methoxy groups -OCH3 is 3. The van der Waals surface area contributed by atoms with Crippen LogP contribution >= 0.6 is 27.3 Å². The Morgan fingerprint density at radius 2 is 1.69 bits per heavy atom. The van der Waals surface area contributed by atoms with Gasteiger partial charge in [0.1, 0.15) is 0 Å². The highest BCUT2D eigenvalue weighted by molar-refractivity contribution is 9.10. The van der Waals surface area contributed by atoms with Crippen LogP contribution in [0, 0.1) is 0 Å². The lowest BCUT2D eigenvalue weighted by Crippen LogP contribution is -2.40. The van der Waals surface area contributed by atoms with Gasteiger partial charge in [-0.3, -0.25) is 14.2 Å². The van der Waals surface area contributed by atoms with Crippen LogP contribution in [-0.4, -0.2) is 69.0 Å². The van der Waals surface area contributed by atoms with E-state index in [0.29, 0.717) is 53.6 Å². The summed E-state index contributed by atoms with van der Waals surface area (Å²) in [7, 11) is 4.57. The number of rotatable bonds is 10. The van der Waals surface area contributed by atoms with Gasteiger partial charge < -0.3 is 28.6 Å². The van der Waals surface area contributed by atoms with E-state index in [1.54, 1.807) is 55.2 Å². The Morgan fingerprint density at radius 3 is 2.36 bits per heavy atom. The minimum absolute atomic E-state index is 0.0621. The standard InChI is InChI=1S/C32H34BrN3O8S/c1-6-43-31(39)28-18(2)34-32-36(29(28)20-15-24(41-4)25(42-5)16-21(20)33)30(38)26(45-32)14-19-9-10-22(23(13-19)40-3)44-17-27(37)35-11-7-8-12-35/h9-10,13-16,29H,6-8,11-12,17H2,1-5H3/b26-14+/t29-/m0/s1. The third kappa shape index (κ3) is 6.50. The number of ether oxygens (including phenoxy) is 5. The van der Waals surface area contributed by atoms with Crippen molar-refractivity contribution < 1.29 is 33.3 Å². The van der Waals surface area contributed by atoms with Crippen molar-refractivity contribution in [3.8, 4) is 23.0 Å². The van der Waals surface area contributed by atoms with Crippen LogP contribution in [0.5, 0.6) is 23.0 Å². The van der Waals surface area contributed by atoms with E-state index in [4.69, 9.17) is 23.7 Å². The second-order valence-corrected chi connectivity index (χ2v) is 12.2. The summed E-state index contributed by atoms with van der Waals surface area (Å²) in [5.74, 6) is 1.15. The van der Waals surface area contributed by atoms with Crippen LogP contribution in [0.4, 0.5) is 0 Å². The Kier molecular flexibility index (Phi) is 9.98. The molecule has 2 aliphatic heterocycles. The van der Waals surface area contributed by atoms with Gasteiger partial charge >= 0.3 is 5.97 Å². The fourth-order valence-electron chi connectivity index (χ4n) is 5.41. The molecule has 1 atom stereocenters. The molecule has 45 heavy (non-hydrogen) atoms. The summed E-state index contributed by atoms with van der Waals surface area (Å²) in [5, 5.41) is 0. The largest absolute Gasteiger partial charge is 0.493 e. The van der Waals surface area contributed by atoms with Gasteiger partial charge in [-0.1, -0.05) is 33.3 Å². The summed E-state index contributed by atoms with van der Waals surface area (Å²) in [6.45, 7) is 5.03. The highest BCUT2D eigenvalue weighted by Crippen LogP contribution is 2.41. The van der Waals surface area contributed by atoms with Crippen molar-refractivity contribution in [1.82, 2.24) is 9.47 Å². The van der Waals surface area contributed by atoms with Crippen LogP contribution in [0.1, 0.15) is 43.9 Å². The predicted molar refractivity (Wildman–Crippen MR) is 172 cm³/mol. The molecule has 0 unspecified atom stereocenters. The number of benzene rings is 2. The highest BCUT2D eigenvalue weighted by Gasteiger charge is 2.35.